The summed E-state index contributed by atoms with van der Waals surface area (Å²) in [5.74, 6) is -2.56. The Kier molecular flexibility index (Phi) is 7.71. The number of amides is 2. The number of aliphatic hydroxyl groups excluding tert-OH is 1. The molecule has 0 aromatic carbocycles. The maximum Gasteiger partial charge on any atom is 1.00 e. The Morgan fingerprint density at radius 1 is 1.32 bits per heavy atom. The first kappa shape index (κ1) is 26.0. The van der Waals surface area contributed by atoms with Crippen molar-refractivity contribution in [2.75, 3.05) is 18.0 Å². The van der Waals surface area contributed by atoms with E-state index in [-0.39, 0.29) is 70.3 Å². The molecule has 1 saturated carbocycles. The van der Waals surface area contributed by atoms with E-state index in [0.717, 1.165) is 30.8 Å². The second-order valence-corrected chi connectivity index (χ2v) is 11.5. The molecule has 3 fully saturated rings. The molecule has 12 heteroatoms. The predicted molar refractivity (Wildman–Crippen MR) is 122 cm³/mol. The SMILES string of the molecule is CC(O)C1C(=O)N2C(C(=O)[O-])=C(SC3CN(c4nc(C(=O)NC5CCCC5)cs4)C3)[C@H](C)C12.[Na+]. The average Bonchev–Trinajstić information content (AvgIpc) is 3.44. The number of carboxylic acids is 1. The van der Waals surface area contributed by atoms with Gasteiger partial charge in [0.1, 0.15) is 5.69 Å². The van der Waals surface area contributed by atoms with Crippen molar-refractivity contribution in [1.29, 1.82) is 0 Å². The average molecular weight is 515 g/mol. The number of fused-ring (bicyclic) bond motifs is 1. The van der Waals surface area contributed by atoms with Crippen LogP contribution in [0.4, 0.5) is 5.13 Å². The van der Waals surface area contributed by atoms with Crippen molar-refractivity contribution in [3.05, 3.63) is 21.7 Å². The van der Waals surface area contributed by atoms with Gasteiger partial charge < -0.3 is 30.1 Å². The largest absolute Gasteiger partial charge is 1.00 e. The minimum Gasteiger partial charge on any atom is -0.543 e. The molecule has 1 aliphatic carbocycles. The number of rotatable bonds is 7. The van der Waals surface area contributed by atoms with Gasteiger partial charge in [-0.1, -0.05) is 19.8 Å². The summed E-state index contributed by atoms with van der Waals surface area (Å²) in [6.45, 7) is 4.83. The second kappa shape index (κ2) is 10.1. The fraction of sp³-hybridized carbons (Fsp3) is 0.636. The van der Waals surface area contributed by atoms with E-state index in [2.05, 4.69) is 15.2 Å². The van der Waals surface area contributed by atoms with Crippen LogP contribution in [0.5, 0.6) is 0 Å². The molecule has 2 N–H and O–H groups in total. The molecule has 34 heavy (non-hydrogen) atoms. The van der Waals surface area contributed by atoms with Crippen LogP contribution in [-0.4, -0.2) is 69.3 Å². The van der Waals surface area contributed by atoms with Crippen LogP contribution in [0.1, 0.15) is 50.0 Å². The number of hydrogen-bond acceptors (Lipinski definition) is 9. The Bertz CT molecular complexity index is 1020. The van der Waals surface area contributed by atoms with E-state index < -0.39 is 18.0 Å². The fourth-order valence-electron chi connectivity index (χ4n) is 5.36. The molecule has 4 aliphatic rings. The third-order valence-electron chi connectivity index (χ3n) is 7.13. The molecule has 1 aromatic rings. The van der Waals surface area contributed by atoms with Gasteiger partial charge in [-0.05, 0) is 19.8 Å². The van der Waals surface area contributed by atoms with Crippen molar-refractivity contribution in [3.8, 4) is 0 Å². The molecule has 178 valence electrons. The molecule has 0 bridgehead atoms. The second-order valence-electron chi connectivity index (χ2n) is 9.37. The number of carboxylic acid groups (broad SMARTS) is 1. The summed E-state index contributed by atoms with van der Waals surface area (Å²) < 4.78 is 0. The van der Waals surface area contributed by atoms with Crippen LogP contribution < -0.4 is 44.9 Å². The standard InChI is InChI=1S/C22H28N4O5S2.Na/c1-10-16-15(11(2)27)20(29)26(16)17(21(30)31)18(10)33-13-7-25(8-13)22-24-14(9-32-22)19(28)23-12-5-3-4-6-12;/h9-13,15-16,27H,3-8H2,1-2H3,(H,23,28)(H,30,31);/q;+1/p-1/t10-,11?,15?,16?;/m1./s1. The third kappa shape index (κ3) is 4.43. The molecule has 2 saturated heterocycles. The summed E-state index contributed by atoms with van der Waals surface area (Å²) in [5, 5.41) is 27.6. The number of nitrogens with one attached hydrogen (secondary N) is 1. The summed E-state index contributed by atoms with van der Waals surface area (Å²) in [5.41, 5.74) is 0.398. The smallest absolute Gasteiger partial charge is 0.543 e. The van der Waals surface area contributed by atoms with Gasteiger partial charge in [0.15, 0.2) is 5.13 Å². The zero-order valence-corrected chi connectivity index (χ0v) is 23.2. The molecule has 1 aromatic heterocycles. The Labute approximate surface area is 228 Å². The van der Waals surface area contributed by atoms with E-state index >= 15 is 0 Å². The molecular weight excluding hydrogens is 487 g/mol. The number of aliphatic hydroxyl groups is 1. The number of carbonyl (C=O) groups is 3. The first-order chi connectivity index (χ1) is 15.8. The predicted octanol–water partition coefficient (Wildman–Crippen LogP) is -2.44. The van der Waals surface area contributed by atoms with Gasteiger partial charge in [0.2, 0.25) is 5.91 Å². The fourth-order valence-corrected chi connectivity index (χ4v) is 7.70. The Morgan fingerprint density at radius 2 is 2.00 bits per heavy atom. The number of aromatic nitrogens is 1. The molecule has 4 atom stereocenters. The van der Waals surface area contributed by atoms with E-state index in [1.165, 1.54) is 28.0 Å². The number of β-lactam (4-membered cyclic amide) rings is 1. The zero-order valence-electron chi connectivity index (χ0n) is 19.5. The van der Waals surface area contributed by atoms with Crippen LogP contribution in [0, 0.1) is 11.8 Å². The van der Waals surface area contributed by atoms with Crippen LogP contribution >= 0.6 is 23.1 Å². The number of hydrogen-bond donors (Lipinski definition) is 2. The molecule has 5 rings (SSSR count). The number of thiazole rings is 1. The topological polar surface area (TPSA) is 126 Å². The molecule has 4 heterocycles. The van der Waals surface area contributed by atoms with Crippen LogP contribution in [0.2, 0.25) is 0 Å². The Balaban J connectivity index is 0.00000274. The van der Waals surface area contributed by atoms with Crippen LogP contribution in [0.3, 0.4) is 0 Å². The van der Waals surface area contributed by atoms with E-state index in [1.807, 2.05) is 6.92 Å². The van der Waals surface area contributed by atoms with Gasteiger partial charge in [0, 0.05) is 40.6 Å². The van der Waals surface area contributed by atoms with Gasteiger partial charge in [0.05, 0.1) is 29.7 Å². The number of carbonyl (C=O) groups excluding carboxylic acids is 3. The quantitative estimate of drug-likeness (QED) is 0.304. The molecule has 3 unspecified atom stereocenters. The minimum absolute atomic E-state index is 0. The van der Waals surface area contributed by atoms with Crippen molar-refractivity contribution >= 4 is 46.0 Å². The first-order valence-electron chi connectivity index (χ1n) is 11.4. The number of nitrogens with zero attached hydrogens (tertiary/aromatic N) is 3. The monoisotopic (exact) mass is 514 g/mol. The summed E-state index contributed by atoms with van der Waals surface area (Å²) in [6.07, 6.45) is 3.54. The van der Waals surface area contributed by atoms with E-state index in [4.69, 9.17) is 0 Å². The zero-order chi connectivity index (χ0) is 23.4. The number of aliphatic carboxylic acids is 1. The summed E-state index contributed by atoms with van der Waals surface area (Å²) in [7, 11) is 0. The minimum atomic E-state index is -1.35. The van der Waals surface area contributed by atoms with Crippen LogP contribution in [0.15, 0.2) is 16.0 Å². The first-order valence-corrected chi connectivity index (χ1v) is 13.2. The molecule has 9 nitrogen and oxygen atoms in total. The summed E-state index contributed by atoms with van der Waals surface area (Å²) in [6, 6.07) is -0.0812. The van der Waals surface area contributed by atoms with Gasteiger partial charge >= 0.3 is 29.6 Å². The van der Waals surface area contributed by atoms with E-state index in [0.29, 0.717) is 23.7 Å². The molecule has 3 aliphatic heterocycles. The molecule has 0 radical (unpaired) electrons. The van der Waals surface area contributed by atoms with Gasteiger partial charge in [-0.25, -0.2) is 4.98 Å². The van der Waals surface area contributed by atoms with Crippen molar-refractivity contribution < 1.29 is 54.2 Å². The van der Waals surface area contributed by atoms with Gasteiger partial charge in [-0.2, -0.15) is 0 Å². The maximum atomic E-state index is 12.4. The number of anilines is 1. The Morgan fingerprint density at radius 3 is 2.62 bits per heavy atom. The molecule has 0 spiro atoms. The Hall–Kier alpha value is -1.11. The molecule has 2 amide bonds. The van der Waals surface area contributed by atoms with Crippen molar-refractivity contribution in [2.45, 2.75) is 63.0 Å². The normalized spacial score (nSPS) is 27.7. The van der Waals surface area contributed by atoms with Crippen molar-refractivity contribution in [2.24, 2.45) is 11.8 Å². The van der Waals surface area contributed by atoms with Gasteiger partial charge in [-0.3, -0.25) is 9.59 Å². The number of thioether (sulfide) groups is 1. The summed E-state index contributed by atoms with van der Waals surface area (Å²) in [4.78, 5) is 45.2. The molecular formula is C22H27N4NaO5S2. The maximum absolute atomic E-state index is 12.4. The van der Waals surface area contributed by atoms with Gasteiger partial charge in [-0.15, -0.1) is 23.1 Å². The van der Waals surface area contributed by atoms with Crippen molar-refractivity contribution in [3.63, 3.8) is 0 Å². The van der Waals surface area contributed by atoms with Gasteiger partial charge in [0.25, 0.3) is 5.91 Å². The van der Waals surface area contributed by atoms with Crippen LogP contribution in [0.25, 0.3) is 0 Å². The van der Waals surface area contributed by atoms with E-state index in [9.17, 15) is 24.6 Å². The van der Waals surface area contributed by atoms with E-state index in [1.54, 1.807) is 12.3 Å². The van der Waals surface area contributed by atoms with Crippen molar-refractivity contribution in [1.82, 2.24) is 15.2 Å². The summed E-state index contributed by atoms with van der Waals surface area (Å²) >= 11 is 2.91. The third-order valence-corrected chi connectivity index (χ3v) is 9.48. The van der Waals surface area contributed by atoms with Crippen LogP contribution in [-0.2, 0) is 9.59 Å².